The van der Waals surface area contributed by atoms with Gasteiger partial charge in [0, 0.05) is 17.6 Å². The van der Waals surface area contributed by atoms with Crippen LogP contribution in [0.3, 0.4) is 0 Å². The van der Waals surface area contributed by atoms with Crippen molar-refractivity contribution < 1.29 is 13.2 Å². The third-order valence-corrected chi connectivity index (χ3v) is 5.08. The number of nitriles is 1. The van der Waals surface area contributed by atoms with Crippen molar-refractivity contribution >= 4 is 15.8 Å². The molecule has 0 heterocycles. The molecule has 0 aliphatic carbocycles. The van der Waals surface area contributed by atoms with Gasteiger partial charge in [-0.1, -0.05) is 12.1 Å². The average molecular weight is 308 g/mol. The minimum absolute atomic E-state index is 0.215. The number of carbonyl (C=O) groups excluding carboxylic acids is 1. The maximum atomic E-state index is 12.4. The Morgan fingerprint density at radius 2 is 1.81 bits per heavy atom. The standard InChI is InChI=1S/C15H20N2O3S/c1-11(2)17(12(3)4)21(19,20)10-15(18)14-7-5-6-13(8-14)9-16/h5-8,11-12H,10H2,1-4H3. The van der Waals surface area contributed by atoms with Gasteiger partial charge in [-0.2, -0.15) is 9.57 Å². The normalized spacial score (nSPS) is 11.9. The van der Waals surface area contributed by atoms with Crippen LogP contribution >= 0.6 is 0 Å². The molecular weight excluding hydrogens is 288 g/mol. The van der Waals surface area contributed by atoms with Crippen LogP contribution in [0.2, 0.25) is 0 Å². The SMILES string of the molecule is CC(C)N(C(C)C)S(=O)(=O)CC(=O)c1cccc(C#N)c1. The van der Waals surface area contributed by atoms with Crippen molar-refractivity contribution in [1.29, 1.82) is 5.26 Å². The molecule has 1 aromatic carbocycles. The lowest BCUT2D eigenvalue weighted by Gasteiger charge is -2.29. The largest absolute Gasteiger partial charge is 0.293 e. The molecule has 114 valence electrons. The Bertz CT molecular complexity index is 650. The monoisotopic (exact) mass is 308 g/mol. The Balaban J connectivity index is 3.03. The molecule has 0 N–H and O–H groups in total. The van der Waals surface area contributed by atoms with Crippen molar-refractivity contribution in [3.63, 3.8) is 0 Å². The van der Waals surface area contributed by atoms with E-state index in [0.29, 0.717) is 5.56 Å². The van der Waals surface area contributed by atoms with E-state index in [1.807, 2.05) is 6.07 Å². The van der Waals surface area contributed by atoms with E-state index in [1.165, 1.54) is 16.4 Å². The van der Waals surface area contributed by atoms with E-state index in [1.54, 1.807) is 39.8 Å². The zero-order valence-corrected chi connectivity index (χ0v) is 13.5. The Labute approximate surface area is 126 Å². The summed E-state index contributed by atoms with van der Waals surface area (Å²) in [5.74, 6) is -1.09. The summed E-state index contributed by atoms with van der Waals surface area (Å²) >= 11 is 0. The fourth-order valence-electron chi connectivity index (χ4n) is 2.32. The summed E-state index contributed by atoms with van der Waals surface area (Å²) in [6, 6.07) is 7.57. The van der Waals surface area contributed by atoms with Gasteiger partial charge in [0.15, 0.2) is 5.78 Å². The minimum atomic E-state index is -3.69. The zero-order chi connectivity index (χ0) is 16.2. The molecule has 0 radical (unpaired) electrons. The highest BCUT2D eigenvalue weighted by molar-refractivity contribution is 7.89. The van der Waals surface area contributed by atoms with Gasteiger partial charge in [0.1, 0.15) is 5.75 Å². The first kappa shape index (κ1) is 17.3. The van der Waals surface area contributed by atoms with Crippen LogP contribution in [0.1, 0.15) is 43.6 Å². The summed E-state index contributed by atoms with van der Waals surface area (Å²) < 4.78 is 26.1. The number of benzene rings is 1. The summed E-state index contributed by atoms with van der Waals surface area (Å²) in [4.78, 5) is 12.2. The van der Waals surface area contributed by atoms with Gasteiger partial charge in [0.2, 0.25) is 10.0 Å². The van der Waals surface area contributed by atoms with Crippen LogP contribution in [0.5, 0.6) is 0 Å². The first-order chi connectivity index (χ1) is 9.69. The molecular formula is C15H20N2O3S. The molecule has 0 bridgehead atoms. The van der Waals surface area contributed by atoms with Crippen LogP contribution in [0.15, 0.2) is 24.3 Å². The molecule has 0 saturated heterocycles. The van der Waals surface area contributed by atoms with E-state index in [9.17, 15) is 13.2 Å². The second-order valence-electron chi connectivity index (χ2n) is 5.39. The molecule has 0 spiro atoms. The third-order valence-electron chi connectivity index (χ3n) is 2.97. The van der Waals surface area contributed by atoms with Gasteiger partial charge in [-0.3, -0.25) is 4.79 Å². The molecule has 0 saturated carbocycles. The van der Waals surface area contributed by atoms with Gasteiger partial charge < -0.3 is 0 Å². The molecule has 1 aromatic rings. The van der Waals surface area contributed by atoms with Crippen molar-refractivity contribution in [2.75, 3.05) is 5.75 Å². The summed E-state index contributed by atoms with van der Waals surface area (Å²) in [5, 5.41) is 8.82. The van der Waals surface area contributed by atoms with Crippen molar-refractivity contribution in [3.05, 3.63) is 35.4 Å². The number of nitrogens with zero attached hydrogens (tertiary/aromatic N) is 2. The second-order valence-corrected chi connectivity index (χ2v) is 7.26. The van der Waals surface area contributed by atoms with Crippen LogP contribution in [0.25, 0.3) is 0 Å². The van der Waals surface area contributed by atoms with Crippen LogP contribution < -0.4 is 0 Å². The summed E-state index contributed by atoms with van der Waals surface area (Å²) in [5.41, 5.74) is 0.577. The van der Waals surface area contributed by atoms with Crippen molar-refractivity contribution in [3.8, 4) is 6.07 Å². The van der Waals surface area contributed by atoms with Gasteiger partial charge in [-0.25, -0.2) is 8.42 Å². The molecule has 0 amide bonds. The Morgan fingerprint density at radius 1 is 1.24 bits per heavy atom. The fourth-order valence-corrected chi connectivity index (χ4v) is 4.26. The lowest BCUT2D eigenvalue weighted by Crippen LogP contribution is -2.44. The van der Waals surface area contributed by atoms with E-state index in [-0.39, 0.29) is 17.6 Å². The number of hydrogen-bond donors (Lipinski definition) is 0. The molecule has 0 aliphatic rings. The third kappa shape index (κ3) is 4.38. The highest BCUT2D eigenvalue weighted by Crippen LogP contribution is 2.15. The highest BCUT2D eigenvalue weighted by Gasteiger charge is 2.30. The van der Waals surface area contributed by atoms with E-state index in [4.69, 9.17) is 5.26 Å². The predicted molar refractivity (Wildman–Crippen MR) is 81.4 cm³/mol. The smallest absolute Gasteiger partial charge is 0.222 e. The summed E-state index contributed by atoms with van der Waals surface area (Å²) in [6.07, 6.45) is 0. The van der Waals surface area contributed by atoms with E-state index < -0.39 is 21.6 Å². The maximum absolute atomic E-state index is 12.4. The molecule has 5 nitrogen and oxygen atoms in total. The summed E-state index contributed by atoms with van der Waals surface area (Å²) in [7, 11) is -3.69. The van der Waals surface area contributed by atoms with Crippen LogP contribution in [0, 0.1) is 11.3 Å². The quantitative estimate of drug-likeness (QED) is 0.755. The predicted octanol–water partition coefficient (Wildman–Crippen LogP) is 2.19. The zero-order valence-electron chi connectivity index (χ0n) is 12.7. The second kappa shape index (κ2) is 6.83. The van der Waals surface area contributed by atoms with Crippen LogP contribution in [0.4, 0.5) is 0 Å². The molecule has 1 rings (SSSR count). The van der Waals surface area contributed by atoms with Crippen molar-refractivity contribution in [2.24, 2.45) is 0 Å². The molecule has 0 fully saturated rings. The van der Waals surface area contributed by atoms with E-state index >= 15 is 0 Å². The number of ketones is 1. The first-order valence-corrected chi connectivity index (χ1v) is 8.34. The Morgan fingerprint density at radius 3 is 2.29 bits per heavy atom. The average Bonchev–Trinajstić information content (AvgIpc) is 2.36. The van der Waals surface area contributed by atoms with E-state index in [0.717, 1.165) is 0 Å². The maximum Gasteiger partial charge on any atom is 0.222 e. The van der Waals surface area contributed by atoms with Crippen molar-refractivity contribution in [2.45, 2.75) is 39.8 Å². The molecule has 0 atom stereocenters. The van der Waals surface area contributed by atoms with Crippen LogP contribution in [-0.4, -0.2) is 36.3 Å². The van der Waals surface area contributed by atoms with Crippen molar-refractivity contribution in [1.82, 2.24) is 4.31 Å². The lowest BCUT2D eigenvalue weighted by atomic mass is 10.1. The van der Waals surface area contributed by atoms with Gasteiger partial charge in [-0.05, 0) is 39.8 Å². The topological polar surface area (TPSA) is 78.2 Å². The van der Waals surface area contributed by atoms with Gasteiger partial charge in [0.25, 0.3) is 0 Å². The van der Waals surface area contributed by atoms with E-state index in [2.05, 4.69) is 0 Å². The first-order valence-electron chi connectivity index (χ1n) is 6.73. The number of Topliss-reactive ketones (excluding diaryl/α,β-unsaturated/α-hetero) is 1. The molecule has 0 aliphatic heterocycles. The van der Waals surface area contributed by atoms with Gasteiger partial charge >= 0.3 is 0 Å². The van der Waals surface area contributed by atoms with Gasteiger partial charge in [0.05, 0.1) is 11.6 Å². The van der Waals surface area contributed by atoms with Crippen LogP contribution in [-0.2, 0) is 10.0 Å². The fraction of sp³-hybridized carbons (Fsp3) is 0.467. The highest BCUT2D eigenvalue weighted by atomic mass is 32.2. The number of sulfonamides is 1. The number of carbonyl (C=O) groups is 1. The Kier molecular flexibility index (Phi) is 5.64. The number of hydrogen-bond acceptors (Lipinski definition) is 4. The minimum Gasteiger partial charge on any atom is -0.293 e. The molecule has 0 aromatic heterocycles. The molecule has 21 heavy (non-hydrogen) atoms. The Hall–Kier alpha value is -1.71. The van der Waals surface area contributed by atoms with Gasteiger partial charge in [-0.15, -0.1) is 0 Å². The lowest BCUT2D eigenvalue weighted by molar-refractivity contribution is 0.101. The molecule has 0 unspecified atom stereocenters. The number of rotatable bonds is 6. The molecule has 6 heteroatoms. The summed E-state index contributed by atoms with van der Waals surface area (Å²) in [6.45, 7) is 7.10.